The summed E-state index contributed by atoms with van der Waals surface area (Å²) in [6.07, 6.45) is -1.99. The quantitative estimate of drug-likeness (QED) is 0.219. The lowest BCUT2D eigenvalue weighted by Gasteiger charge is -2.39. The molecule has 47 heavy (non-hydrogen) atoms. The molecule has 0 radical (unpaired) electrons. The molecule has 0 aromatic carbocycles. The zero-order chi connectivity index (χ0) is 36.4. The highest BCUT2D eigenvalue weighted by Crippen LogP contribution is 2.65. The molecule has 1 aliphatic carbocycles. The van der Waals surface area contributed by atoms with Gasteiger partial charge in [-0.1, -0.05) is 69.2 Å². The van der Waals surface area contributed by atoms with E-state index in [0.717, 1.165) is 10.6 Å². The van der Waals surface area contributed by atoms with Crippen molar-refractivity contribution in [1.82, 2.24) is 30.5 Å². The van der Waals surface area contributed by atoms with Gasteiger partial charge in [0.25, 0.3) is 0 Å². The number of halogens is 2. The van der Waals surface area contributed by atoms with E-state index in [0.29, 0.717) is 6.42 Å². The number of alkyl halides is 2. The number of piperidine rings is 1. The second kappa shape index (κ2) is 14.9. The van der Waals surface area contributed by atoms with Gasteiger partial charge in [0, 0.05) is 39.1 Å². The minimum absolute atomic E-state index is 0.00152. The Bertz CT molecular complexity index is 1260. The summed E-state index contributed by atoms with van der Waals surface area (Å²) in [5.74, 6) is -1.90. The van der Waals surface area contributed by atoms with Crippen molar-refractivity contribution in [3.05, 3.63) is 0 Å². The first-order chi connectivity index (χ1) is 21.2. The lowest BCUT2D eigenvalue weighted by molar-refractivity contribution is -0.144. The van der Waals surface area contributed by atoms with Crippen LogP contribution in [-0.2, 0) is 24.4 Å². The van der Waals surface area contributed by atoms with Crippen molar-refractivity contribution in [2.24, 2.45) is 34.0 Å². The second-order valence-corrected chi connectivity index (χ2v) is 18.5. The summed E-state index contributed by atoms with van der Waals surface area (Å²) in [5.41, 5.74) is -1.64. The van der Waals surface area contributed by atoms with E-state index >= 15 is 0 Å². The van der Waals surface area contributed by atoms with Gasteiger partial charge in [-0.15, -0.1) is 0 Å². The molecule has 0 bridgehead atoms. The number of urea groups is 1. The van der Waals surface area contributed by atoms with Crippen LogP contribution in [0.1, 0.15) is 82.1 Å². The molecule has 5 amide bonds. The maximum atomic E-state index is 14.2. The zero-order valence-corrected chi connectivity index (χ0v) is 31.0. The number of carbonyl (C=O) groups is 4. The molecular formula is C32H58F2N6O6S. The number of hydrogen-bond donors (Lipinski definition) is 4. The van der Waals surface area contributed by atoms with Crippen molar-refractivity contribution >= 4 is 33.8 Å². The standard InChI is InChI=1S/C32H58F2N6O6S/c1-18(2)13-14-35-26(41)20(15-22(33)34)36-27(42)24-23-19(32(23,9)10)16-40(24)28(43)25(31(6,7)8)38-29(44)37-21(30(3,4)5)17-39(11)47(12,45)46/h18-25H,13-17H2,1-12H3,(H,35,41)(H,36,42)(H2,37,38,44)/t19-,20-,21+,23-,24-,25+/m0/s1. The van der Waals surface area contributed by atoms with Gasteiger partial charge in [0.15, 0.2) is 0 Å². The third kappa shape index (κ3) is 10.7. The van der Waals surface area contributed by atoms with Gasteiger partial charge in [0.05, 0.1) is 6.26 Å². The Balaban J connectivity index is 2.31. The van der Waals surface area contributed by atoms with E-state index in [9.17, 15) is 36.4 Å². The first-order valence-electron chi connectivity index (χ1n) is 16.3. The number of sulfonamides is 1. The molecule has 4 N–H and O–H groups in total. The van der Waals surface area contributed by atoms with E-state index in [2.05, 4.69) is 21.3 Å². The van der Waals surface area contributed by atoms with Crippen LogP contribution < -0.4 is 21.3 Å². The Labute approximate surface area is 279 Å². The Morgan fingerprint density at radius 2 is 1.55 bits per heavy atom. The third-order valence-electron chi connectivity index (χ3n) is 9.57. The summed E-state index contributed by atoms with van der Waals surface area (Å²) in [7, 11) is -2.10. The molecule has 1 saturated heterocycles. The molecule has 12 nitrogen and oxygen atoms in total. The van der Waals surface area contributed by atoms with Crippen molar-refractivity contribution in [2.75, 3.05) is 32.9 Å². The number of carbonyl (C=O) groups excluding carboxylic acids is 4. The molecule has 6 atom stereocenters. The largest absolute Gasteiger partial charge is 0.354 e. The van der Waals surface area contributed by atoms with E-state index in [1.54, 1.807) is 20.8 Å². The maximum Gasteiger partial charge on any atom is 0.315 e. The number of nitrogens with zero attached hydrogens (tertiary/aromatic N) is 2. The van der Waals surface area contributed by atoms with Gasteiger partial charge in [0.2, 0.25) is 34.2 Å². The van der Waals surface area contributed by atoms with Crippen LogP contribution in [0.15, 0.2) is 0 Å². The molecular weight excluding hydrogens is 634 g/mol. The van der Waals surface area contributed by atoms with Crippen molar-refractivity contribution in [1.29, 1.82) is 0 Å². The molecule has 1 aliphatic heterocycles. The van der Waals surface area contributed by atoms with E-state index in [4.69, 9.17) is 0 Å². The summed E-state index contributed by atoms with van der Waals surface area (Å²) in [6, 6.07) is -4.89. The summed E-state index contributed by atoms with van der Waals surface area (Å²) < 4.78 is 52.3. The first kappa shape index (κ1) is 40.6. The highest BCUT2D eigenvalue weighted by Gasteiger charge is 2.70. The predicted molar refractivity (Wildman–Crippen MR) is 177 cm³/mol. The van der Waals surface area contributed by atoms with Gasteiger partial charge in [-0.3, -0.25) is 14.4 Å². The zero-order valence-electron chi connectivity index (χ0n) is 30.2. The number of nitrogens with one attached hydrogen (secondary N) is 4. The van der Waals surface area contributed by atoms with Crippen LogP contribution in [0.5, 0.6) is 0 Å². The molecule has 0 spiro atoms. The van der Waals surface area contributed by atoms with Gasteiger partial charge in [0.1, 0.15) is 18.1 Å². The minimum Gasteiger partial charge on any atom is -0.354 e. The van der Waals surface area contributed by atoms with Crippen LogP contribution in [0.2, 0.25) is 0 Å². The predicted octanol–water partition coefficient (Wildman–Crippen LogP) is 2.79. The fraction of sp³-hybridized carbons (Fsp3) is 0.875. The molecule has 1 heterocycles. The lowest BCUT2D eigenvalue weighted by atomic mass is 9.85. The highest BCUT2D eigenvalue weighted by molar-refractivity contribution is 7.88. The van der Waals surface area contributed by atoms with E-state index in [-0.39, 0.29) is 42.8 Å². The SMILES string of the molecule is CC(C)CCNC(=O)[C@H](CC(F)F)NC(=O)[C@@H]1[C@@H]2[C@H](CN1C(=O)[C@@H](NC(=O)N[C@H](CN(C)S(C)(=O)=O)C(C)(C)C)C(C)(C)C)C2(C)C. The fourth-order valence-corrected chi connectivity index (χ4v) is 6.58. The Kier molecular flexibility index (Phi) is 12.9. The Morgan fingerprint density at radius 1 is 0.979 bits per heavy atom. The normalized spacial score (nSPS) is 22.8. The molecule has 1 saturated carbocycles. The molecule has 15 heteroatoms. The highest BCUT2D eigenvalue weighted by atomic mass is 32.2. The molecule has 272 valence electrons. The molecule has 2 rings (SSSR count). The Morgan fingerprint density at radius 3 is 2.02 bits per heavy atom. The number of hydrogen-bond acceptors (Lipinski definition) is 6. The summed E-state index contributed by atoms with van der Waals surface area (Å²) >= 11 is 0. The number of likely N-dealkylation sites (tertiary alicyclic amines) is 1. The molecule has 0 aromatic rings. The Hall–Kier alpha value is -2.55. The second-order valence-electron chi connectivity index (χ2n) is 16.4. The fourth-order valence-electron chi connectivity index (χ4n) is 6.16. The monoisotopic (exact) mass is 692 g/mol. The lowest BCUT2D eigenvalue weighted by Crippen LogP contribution is -2.62. The third-order valence-corrected chi connectivity index (χ3v) is 10.9. The first-order valence-corrected chi connectivity index (χ1v) is 18.2. The van der Waals surface area contributed by atoms with Gasteiger partial charge in [-0.25, -0.2) is 26.3 Å². The minimum atomic E-state index is -3.52. The van der Waals surface area contributed by atoms with E-state index in [1.807, 2.05) is 48.5 Å². The molecule has 2 fully saturated rings. The average molecular weight is 693 g/mol. The topological polar surface area (TPSA) is 157 Å². The number of amides is 5. The van der Waals surface area contributed by atoms with Gasteiger partial charge < -0.3 is 26.2 Å². The number of likely N-dealkylation sites (N-methyl/N-ethyl adjacent to an activating group) is 1. The van der Waals surface area contributed by atoms with E-state index in [1.165, 1.54) is 11.9 Å². The molecule has 2 aliphatic rings. The summed E-state index contributed by atoms with van der Waals surface area (Å²) in [6.45, 7) is 19.3. The van der Waals surface area contributed by atoms with Crippen LogP contribution in [-0.4, -0.2) is 105 Å². The molecule has 0 unspecified atom stereocenters. The van der Waals surface area contributed by atoms with Crippen LogP contribution >= 0.6 is 0 Å². The van der Waals surface area contributed by atoms with Gasteiger partial charge in [-0.05, 0) is 40.4 Å². The average Bonchev–Trinajstić information content (AvgIpc) is 3.21. The summed E-state index contributed by atoms with van der Waals surface area (Å²) in [4.78, 5) is 55.7. The smallest absolute Gasteiger partial charge is 0.315 e. The maximum absolute atomic E-state index is 14.2. The van der Waals surface area contributed by atoms with Gasteiger partial charge >= 0.3 is 6.03 Å². The van der Waals surface area contributed by atoms with Crippen molar-refractivity contribution in [3.63, 3.8) is 0 Å². The van der Waals surface area contributed by atoms with Crippen LogP contribution in [0.25, 0.3) is 0 Å². The van der Waals surface area contributed by atoms with Crippen LogP contribution in [0, 0.1) is 34.0 Å². The number of rotatable bonds is 14. The van der Waals surface area contributed by atoms with Crippen LogP contribution in [0.3, 0.4) is 0 Å². The van der Waals surface area contributed by atoms with Crippen molar-refractivity contribution < 1.29 is 36.4 Å². The van der Waals surface area contributed by atoms with E-state index < -0.39 is 81.6 Å². The van der Waals surface area contributed by atoms with Crippen molar-refractivity contribution in [2.45, 2.75) is 113 Å². The number of fused-ring (bicyclic) bond motifs is 1. The molecule has 0 aromatic heterocycles. The summed E-state index contributed by atoms with van der Waals surface area (Å²) in [5, 5.41) is 10.8. The van der Waals surface area contributed by atoms with Crippen molar-refractivity contribution in [3.8, 4) is 0 Å². The van der Waals surface area contributed by atoms with Gasteiger partial charge in [-0.2, -0.15) is 0 Å². The van der Waals surface area contributed by atoms with Crippen LogP contribution in [0.4, 0.5) is 13.6 Å².